The van der Waals surface area contributed by atoms with Crippen molar-refractivity contribution in [3.63, 3.8) is 0 Å². The minimum atomic E-state index is -4.54. The third-order valence-electron chi connectivity index (χ3n) is 1.94. The van der Waals surface area contributed by atoms with Crippen molar-refractivity contribution in [1.82, 2.24) is 9.71 Å². The van der Waals surface area contributed by atoms with Crippen molar-refractivity contribution in [2.45, 2.75) is 6.18 Å². The van der Waals surface area contributed by atoms with Crippen LogP contribution in [-0.4, -0.2) is 32.7 Å². The highest BCUT2D eigenvalue weighted by atomic mass is 79.9. The van der Waals surface area contributed by atoms with E-state index < -0.39 is 21.8 Å². The molecule has 0 unspecified atom stereocenters. The number of hydrogen-bond donors (Lipinski definition) is 2. The van der Waals surface area contributed by atoms with Gasteiger partial charge in [0.1, 0.15) is 5.82 Å². The van der Waals surface area contributed by atoms with E-state index in [2.05, 4.69) is 31.0 Å². The zero-order valence-corrected chi connectivity index (χ0v) is 12.2. The quantitative estimate of drug-likeness (QED) is 0.784. The van der Waals surface area contributed by atoms with E-state index >= 15 is 0 Å². The highest BCUT2D eigenvalue weighted by molar-refractivity contribution is 9.10. The van der Waals surface area contributed by atoms with Crippen LogP contribution < -0.4 is 10.0 Å². The number of rotatable bonds is 5. The van der Waals surface area contributed by atoms with Crippen LogP contribution in [0.5, 0.6) is 0 Å². The molecule has 108 valence electrons. The molecule has 0 aromatic carbocycles. The first kappa shape index (κ1) is 16.2. The Hall–Kier alpha value is -0.870. The van der Waals surface area contributed by atoms with Crippen molar-refractivity contribution >= 4 is 31.8 Å². The average Bonchev–Trinajstić information content (AvgIpc) is 2.23. The maximum Gasteiger partial charge on any atom is 0.419 e. The molecule has 19 heavy (non-hydrogen) atoms. The first-order chi connectivity index (χ1) is 8.59. The van der Waals surface area contributed by atoms with Gasteiger partial charge in [-0.25, -0.2) is 18.1 Å². The molecule has 10 heteroatoms. The number of sulfonamides is 1. The topological polar surface area (TPSA) is 71.1 Å². The summed E-state index contributed by atoms with van der Waals surface area (Å²) in [7, 11) is -3.36. The Labute approximate surface area is 116 Å². The van der Waals surface area contributed by atoms with Gasteiger partial charge >= 0.3 is 6.18 Å². The molecule has 1 aromatic rings. The Morgan fingerprint density at radius 2 is 2.00 bits per heavy atom. The van der Waals surface area contributed by atoms with Gasteiger partial charge in [-0.2, -0.15) is 13.2 Å². The fourth-order valence-electron chi connectivity index (χ4n) is 1.21. The highest BCUT2D eigenvalue weighted by Gasteiger charge is 2.34. The summed E-state index contributed by atoms with van der Waals surface area (Å²) in [5, 5.41) is 2.44. The summed E-state index contributed by atoms with van der Waals surface area (Å²) in [5.41, 5.74) is -0.916. The van der Waals surface area contributed by atoms with Gasteiger partial charge in [-0.05, 0) is 22.0 Å². The van der Waals surface area contributed by atoms with Crippen LogP contribution >= 0.6 is 15.9 Å². The van der Waals surface area contributed by atoms with Crippen LogP contribution in [0.1, 0.15) is 5.56 Å². The van der Waals surface area contributed by atoms with Crippen LogP contribution in [0.2, 0.25) is 0 Å². The smallest absolute Gasteiger partial charge is 0.368 e. The van der Waals surface area contributed by atoms with Crippen LogP contribution in [0.15, 0.2) is 16.7 Å². The fraction of sp³-hybridized carbons (Fsp3) is 0.444. The predicted molar refractivity (Wildman–Crippen MR) is 68.3 cm³/mol. The fourth-order valence-corrected chi connectivity index (χ4v) is 2.02. The summed E-state index contributed by atoms with van der Waals surface area (Å²) in [6.45, 7) is -0.0430. The molecule has 0 fully saturated rings. The Balaban J connectivity index is 2.73. The van der Waals surface area contributed by atoms with Gasteiger partial charge in [0.25, 0.3) is 0 Å². The number of nitrogens with zero attached hydrogens (tertiary/aromatic N) is 1. The molecule has 0 amide bonds. The summed E-state index contributed by atoms with van der Waals surface area (Å²) < 4.78 is 62.0. The van der Waals surface area contributed by atoms with Gasteiger partial charge in [-0.1, -0.05) is 0 Å². The molecule has 2 N–H and O–H groups in total. The number of aromatic nitrogens is 1. The number of anilines is 1. The summed E-state index contributed by atoms with van der Waals surface area (Å²) in [5.74, 6) is -0.342. The summed E-state index contributed by atoms with van der Waals surface area (Å²) in [6.07, 6.45) is -2.35. The second-order valence-corrected chi connectivity index (χ2v) is 6.39. The van der Waals surface area contributed by atoms with Gasteiger partial charge in [0.2, 0.25) is 10.0 Å². The molecule has 0 spiro atoms. The largest absolute Gasteiger partial charge is 0.419 e. The molecule has 0 aliphatic carbocycles. The lowest BCUT2D eigenvalue weighted by molar-refractivity contribution is -0.137. The normalized spacial score (nSPS) is 12.5. The zero-order valence-electron chi connectivity index (χ0n) is 9.75. The summed E-state index contributed by atoms with van der Waals surface area (Å²) in [4.78, 5) is 3.62. The van der Waals surface area contributed by atoms with Crippen molar-refractivity contribution in [3.05, 3.63) is 22.3 Å². The second kappa shape index (κ2) is 6.06. The van der Waals surface area contributed by atoms with E-state index in [4.69, 9.17) is 0 Å². The van der Waals surface area contributed by atoms with E-state index in [-0.39, 0.29) is 23.4 Å². The minimum absolute atomic E-state index is 0.00914. The highest BCUT2D eigenvalue weighted by Crippen LogP contribution is 2.35. The van der Waals surface area contributed by atoms with Crippen LogP contribution in [0.25, 0.3) is 0 Å². The van der Waals surface area contributed by atoms with Crippen molar-refractivity contribution in [2.75, 3.05) is 24.7 Å². The zero-order chi connectivity index (χ0) is 14.7. The van der Waals surface area contributed by atoms with Gasteiger partial charge in [-0.3, -0.25) is 0 Å². The molecule has 0 saturated heterocycles. The first-order valence-electron chi connectivity index (χ1n) is 5.01. The Morgan fingerprint density at radius 3 is 2.53 bits per heavy atom. The third-order valence-corrected chi connectivity index (χ3v) is 3.10. The van der Waals surface area contributed by atoms with Crippen LogP contribution in [-0.2, 0) is 16.2 Å². The van der Waals surface area contributed by atoms with Crippen molar-refractivity contribution in [1.29, 1.82) is 0 Å². The molecule has 1 aromatic heterocycles. The molecule has 0 saturated carbocycles. The number of alkyl halides is 3. The SMILES string of the molecule is CS(=O)(=O)NCCNc1ncc(Br)cc1C(F)(F)F. The number of pyridine rings is 1. The van der Waals surface area contributed by atoms with Gasteiger partial charge < -0.3 is 5.32 Å². The van der Waals surface area contributed by atoms with Crippen LogP contribution in [0.3, 0.4) is 0 Å². The third kappa shape index (κ3) is 5.74. The van der Waals surface area contributed by atoms with Gasteiger partial charge in [0.05, 0.1) is 11.8 Å². The molecule has 0 bridgehead atoms. The lowest BCUT2D eigenvalue weighted by atomic mass is 10.2. The molecular formula is C9H11BrF3N3O2S. The number of nitrogens with one attached hydrogen (secondary N) is 2. The Bertz CT molecular complexity index is 548. The van der Waals surface area contributed by atoms with E-state index in [1.54, 1.807) is 0 Å². The van der Waals surface area contributed by atoms with Gasteiger partial charge in [-0.15, -0.1) is 0 Å². The summed E-state index contributed by atoms with van der Waals surface area (Å²) in [6, 6.07) is 0.902. The van der Waals surface area contributed by atoms with E-state index in [1.165, 1.54) is 6.20 Å². The van der Waals surface area contributed by atoms with Crippen molar-refractivity contribution in [3.8, 4) is 0 Å². The van der Waals surface area contributed by atoms with Crippen LogP contribution in [0, 0.1) is 0 Å². The Kier molecular flexibility index (Phi) is 5.16. The number of hydrogen-bond acceptors (Lipinski definition) is 4. The lowest BCUT2D eigenvalue weighted by Crippen LogP contribution is -2.28. The lowest BCUT2D eigenvalue weighted by Gasteiger charge is -2.13. The second-order valence-electron chi connectivity index (χ2n) is 3.64. The van der Waals surface area contributed by atoms with Crippen LogP contribution in [0.4, 0.5) is 19.0 Å². The molecule has 0 radical (unpaired) electrons. The average molecular weight is 362 g/mol. The molecule has 0 aliphatic rings. The maximum atomic E-state index is 12.7. The predicted octanol–water partition coefficient (Wildman–Crippen LogP) is 1.82. The molecule has 1 rings (SSSR count). The van der Waals surface area contributed by atoms with Crippen molar-refractivity contribution in [2.24, 2.45) is 0 Å². The maximum absolute atomic E-state index is 12.7. The molecule has 1 heterocycles. The first-order valence-corrected chi connectivity index (χ1v) is 7.69. The standard InChI is InChI=1S/C9H11BrF3N3O2S/c1-19(17,18)16-3-2-14-8-7(9(11,12)13)4-6(10)5-15-8/h4-5,16H,2-3H2,1H3,(H,14,15). The van der Waals surface area contributed by atoms with E-state index in [0.717, 1.165) is 12.3 Å². The van der Waals surface area contributed by atoms with Crippen molar-refractivity contribution < 1.29 is 21.6 Å². The van der Waals surface area contributed by atoms with E-state index in [0.29, 0.717) is 0 Å². The molecule has 5 nitrogen and oxygen atoms in total. The molecular weight excluding hydrogens is 351 g/mol. The Morgan fingerprint density at radius 1 is 1.37 bits per heavy atom. The minimum Gasteiger partial charge on any atom is -0.368 e. The van der Waals surface area contributed by atoms with Gasteiger partial charge in [0.15, 0.2) is 0 Å². The molecule has 0 aliphatic heterocycles. The van der Waals surface area contributed by atoms with E-state index in [1.807, 2.05) is 0 Å². The monoisotopic (exact) mass is 361 g/mol. The van der Waals surface area contributed by atoms with E-state index in [9.17, 15) is 21.6 Å². The summed E-state index contributed by atoms with van der Waals surface area (Å²) >= 11 is 2.91. The number of halogens is 4. The van der Waals surface area contributed by atoms with Gasteiger partial charge in [0, 0.05) is 23.8 Å². The molecule has 0 atom stereocenters.